The molecule has 114 valence electrons. The summed E-state index contributed by atoms with van der Waals surface area (Å²) in [7, 11) is -0.674. The molecule has 0 amide bonds. The minimum absolute atomic E-state index is 0.0890. The van der Waals surface area contributed by atoms with Gasteiger partial charge in [0.05, 0.1) is 0 Å². The number of halogens is 1. The summed E-state index contributed by atoms with van der Waals surface area (Å²) in [6.45, 7) is 0. The molecule has 3 aromatic rings. The maximum Gasteiger partial charge on any atom is 0.253 e. The van der Waals surface area contributed by atoms with E-state index >= 15 is 0 Å². The highest BCUT2D eigenvalue weighted by molar-refractivity contribution is 14.1. The maximum atomic E-state index is 11.6. The van der Waals surface area contributed by atoms with Crippen molar-refractivity contribution in [2.24, 2.45) is 0 Å². The number of hydrogen-bond donors (Lipinski definition) is 0. The first-order chi connectivity index (χ1) is 11.3. The van der Waals surface area contributed by atoms with Gasteiger partial charge in [-0.25, -0.2) is 0 Å². The third kappa shape index (κ3) is 4.23. The lowest BCUT2D eigenvalue weighted by atomic mass is 10.3. The fourth-order valence-electron chi connectivity index (χ4n) is 2.40. The predicted octanol–water partition coefficient (Wildman–Crippen LogP) is 5.09. The van der Waals surface area contributed by atoms with Crippen LogP contribution in [0.15, 0.2) is 89.8 Å². The van der Waals surface area contributed by atoms with Crippen molar-refractivity contribution < 1.29 is 4.79 Å². The lowest BCUT2D eigenvalue weighted by Crippen LogP contribution is -2.21. The van der Waals surface area contributed by atoms with E-state index in [1.165, 1.54) is 27.7 Å². The Hall–Kier alpha value is -1.16. The normalized spacial score (nSPS) is 10.7. The average molecular weight is 448 g/mol. The van der Waals surface area contributed by atoms with Gasteiger partial charge in [0.25, 0.3) is 3.12 Å². The van der Waals surface area contributed by atoms with Gasteiger partial charge in [0.15, 0.2) is 0 Å². The fourth-order valence-corrected chi connectivity index (χ4v) is 6.34. The first-order valence-electron chi connectivity index (χ1n) is 7.12. The van der Waals surface area contributed by atoms with Crippen LogP contribution in [-0.4, -0.2) is 3.12 Å². The van der Waals surface area contributed by atoms with Gasteiger partial charge in [-0.3, -0.25) is 4.79 Å². The SMILES string of the molecule is O=C(I)Sc1ccccc1P(c1ccccc1)c1ccccc1. The van der Waals surface area contributed by atoms with Crippen LogP contribution in [-0.2, 0) is 0 Å². The van der Waals surface area contributed by atoms with Crippen LogP contribution in [0.1, 0.15) is 0 Å². The van der Waals surface area contributed by atoms with Crippen molar-refractivity contribution >= 4 is 61.3 Å². The molecule has 0 spiro atoms. The summed E-state index contributed by atoms with van der Waals surface area (Å²) in [5, 5.41) is 3.82. The zero-order valence-corrected chi connectivity index (χ0v) is 16.1. The lowest BCUT2D eigenvalue weighted by molar-refractivity contribution is 0.278. The number of rotatable bonds is 4. The molecule has 0 aliphatic rings. The van der Waals surface area contributed by atoms with Crippen molar-refractivity contribution in [3.8, 4) is 0 Å². The third-order valence-electron chi connectivity index (χ3n) is 3.33. The second-order valence-electron chi connectivity index (χ2n) is 4.81. The zero-order chi connectivity index (χ0) is 16.1. The van der Waals surface area contributed by atoms with Crippen molar-refractivity contribution in [1.82, 2.24) is 0 Å². The van der Waals surface area contributed by atoms with Gasteiger partial charge in [0.2, 0.25) is 0 Å². The highest BCUT2D eigenvalue weighted by atomic mass is 127. The molecule has 3 rings (SSSR count). The molecule has 0 N–H and O–H groups in total. The van der Waals surface area contributed by atoms with Gasteiger partial charge in [-0.2, -0.15) is 0 Å². The van der Waals surface area contributed by atoms with Crippen molar-refractivity contribution in [3.05, 3.63) is 84.9 Å². The van der Waals surface area contributed by atoms with E-state index in [2.05, 4.69) is 60.7 Å². The maximum absolute atomic E-state index is 11.6. The molecule has 0 heterocycles. The lowest BCUT2D eigenvalue weighted by Gasteiger charge is -2.21. The fraction of sp³-hybridized carbons (Fsp3) is 0. The summed E-state index contributed by atoms with van der Waals surface area (Å²) in [6, 6.07) is 29.3. The van der Waals surface area contributed by atoms with E-state index < -0.39 is 7.92 Å². The van der Waals surface area contributed by atoms with E-state index in [1.54, 1.807) is 0 Å². The molecule has 0 saturated heterocycles. The highest BCUT2D eigenvalue weighted by Gasteiger charge is 2.20. The molecule has 4 heteroatoms. The first-order valence-corrected chi connectivity index (χ1v) is 10.4. The molecule has 23 heavy (non-hydrogen) atoms. The van der Waals surface area contributed by atoms with Gasteiger partial charge in [-0.05, 0) is 41.7 Å². The van der Waals surface area contributed by atoms with E-state index in [9.17, 15) is 4.79 Å². The summed E-state index contributed by atoms with van der Waals surface area (Å²) < 4.78 is 0.0890. The van der Waals surface area contributed by atoms with Crippen molar-refractivity contribution in [2.75, 3.05) is 0 Å². The van der Waals surface area contributed by atoms with Crippen LogP contribution in [0, 0.1) is 0 Å². The van der Waals surface area contributed by atoms with Gasteiger partial charge in [-0.15, -0.1) is 0 Å². The summed E-state index contributed by atoms with van der Waals surface area (Å²) in [5.41, 5.74) is 0. The van der Waals surface area contributed by atoms with E-state index in [4.69, 9.17) is 0 Å². The number of carbonyl (C=O) groups is 1. The number of hydrogen-bond acceptors (Lipinski definition) is 2. The number of carbonyl (C=O) groups excluding carboxylic acids is 1. The van der Waals surface area contributed by atoms with Gasteiger partial charge >= 0.3 is 0 Å². The Morgan fingerprint density at radius 3 is 1.74 bits per heavy atom. The van der Waals surface area contributed by atoms with Crippen molar-refractivity contribution in [1.29, 1.82) is 0 Å². The van der Waals surface area contributed by atoms with Crippen LogP contribution in [0.2, 0.25) is 0 Å². The Morgan fingerprint density at radius 2 is 1.22 bits per heavy atom. The zero-order valence-electron chi connectivity index (χ0n) is 12.2. The Kier molecular flexibility index (Phi) is 5.87. The number of benzene rings is 3. The van der Waals surface area contributed by atoms with Gasteiger partial charge in [0.1, 0.15) is 0 Å². The molecule has 0 radical (unpaired) electrons. The van der Waals surface area contributed by atoms with E-state index in [0.29, 0.717) is 0 Å². The molecule has 0 aromatic heterocycles. The molecule has 3 aromatic carbocycles. The Labute approximate surface area is 155 Å². The Morgan fingerprint density at radius 1 is 0.739 bits per heavy atom. The highest BCUT2D eigenvalue weighted by Crippen LogP contribution is 2.37. The minimum Gasteiger partial charge on any atom is -0.275 e. The van der Waals surface area contributed by atoms with Crippen LogP contribution in [0.25, 0.3) is 0 Å². The smallest absolute Gasteiger partial charge is 0.253 e. The topological polar surface area (TPSA) is 17.1 Å². The molecule has 0 saturated carbocycles. The third-order valence-corrected chi connectivity index (χ3v) is 7.37. The van der Waals surface area contributed by atoms with Crippen LogP contribution in [0.4, 0.5) is 4.79 Å². The van der Waals surface area contributed by atoms with Gasteiger partial charge in [-0.1, -0.05) is 78.9 Å². The first kappa shape index (κ1) is 16.7. The van der Waals surface area contributed by atoms with Crippen molar-refractivity contribution in [3.63, 3.8) is 0 Å². The van der Waals surface area contributed by atoms with Gasteiger partial charge < -0.3 is 0 Å². The summed E-state index contributed by atoms with van der Waals surface area (Å²) >= 11 is 3.15. The molecule has 0 unspecified atom stereocenters. The average Bonchev–Trinajstić information content (AvgIpc) is 2.58. The summed E-state index contributed by atoms with van der Waals surface area (Å²) in [5.74, 6) is 0. The molecular formula is C19H14IOPS. The molecule has 0 atom stereocenters. The summed E-state index contributed by atoms with van der Waals surface area (Å²) in [4.78, 5) is 12.7. The molecule has 0 fully saturated rings. The predicted molar refractivity (Wildman–Crippen MR) is 110 cm³/mol. The van der Waals surface area contributed by atoms with Crippen LogP contribution in [0.3, 0.4) is 0 Å². The second kappa shape index (κ2) is 8.09. The van der Waals surface area contributed by atoms with E-state index in [-0.39, 0.29) is 3.12 Å². The van der Waals surface area contributed by atoms with E-state index in [1.807, 2.05) is 46.9 Å². The largest absolute Gasteiger partial charge is 0.275 e. The molecule has 0 bridgehead atoms. The molecule has 0 aliphatic heterocycles. The van der Waals surface area contributed by atoms with Crippen LogP contribution >= 0.6 is 42.3 Å². The van der Waals surface area contributed by atoms with Gasteiger partial charge in [0, 0.05) is 27.5 Å². The monoisotopic (exact) mass is 448 g/mol. The molecule has 0 aliphatic carbocycles. The van der Waals surface area contributed by atoms with Crippen molar-refractivity contribution in [2.45, 2.75) is 4.90 Å². The second-order valence-corrected chi connectivity index (χ2v) is 9.73. The minimum atomic E-state index is -0.674. The Balaban J connectivity index is 2.15. The van der Waals surface area contributed by atoms with Crippen LogP contribution in [0.5, 0.6) is 0 Å². The number of thioether (sulfide) groups is 1. The summed E-state index contributed by atoms with van der Waals surface area (Å²) in [6.07, 6.45) is 0. The van der Waals surface area contributed by atoms with Crippen LogP contribution < -0.4 is 15.9 Å². The van der Waals surface area contributed by atoms with E-state index in [0.717, 1.165) is 4.90 Å². The Bertz CT molecular complexity index is 753. The standard InChI is InChI=1S/C19H14IOPS/c20-19(21)23-18-14-8-7-13-17(18)22(15-9-3-1-4-10-15)16-11-5-2-6-12-16/h1-14H. The molecule has 1 nitrogen and oxygen atoms in total. The molecular weight excluding hydrogens is 434 g/mol. The quantitative estimate of drug-likeness (QED) is 0.239.